The van der Waals surface area contributed by atoms with E-state index in [1.165, 1.54) is 4.31 Å². The van der Waals surface area contributed by atoms with Crippen molar-refractivity contribution in [2.45, 2.75) is 36.8 Å². The molecule has 3 rings (SSSR count). The molecule has 1 aromatic carbocycles. The molecule has 2 heterocycles. The number of ether oxygens (including phenoxy) is 3. The first-order chi connectivity index (χ1) is 13.5. The van der Waals surface area contributed by atoms with Gasteiger partial charge < -0.3 is 19.1 Å². The van der Waals surface area contributed by atoms with Crippen LogP contribution in [0.1, 0.15) is 19.8 Å². The van der Waals surface area contributed by atoms with Crippen LogP contribution in [0.4, 0.5) is 0 Å². The van der Waals surface area contributed by atoms with Crippen molar-refractivity contribution in [2.75, 3.05) is 46.6 Å². The molecule has 156 valence electrons. The van der Waals surface area contributed by atoms with Gasteiger partial charge in [-0.15, -0.1) is 0 Å². The van der Waals surface area contributed by atoms with Gasteiger partial charge in [-0.25, -0.2) is 8.42 Å². The number of para-hydroxylation sites is 1. The lowest BCUT2D eigenvalue weighted by molar-refractivity contribution is -0.136. The monoisotopic (exact) mass is 412 g/mol. The van der Waals surface area contributed by atoms with Gasteiger partial charge in [0, 0.05) is 39.8 Å². The van der Waals surface area contributed by atoms with Gasteiger partial charge in [0.2, 0.25) is 15.9 Å². The third-order valence-electron chi connectivity index (χ3n) is 5.19. The summed E-state index contributed by atoms with van der Waals surface area (Å²) in [5.41, 5.74) is 0. The fourth-order valence-electron chi connectivity index (χ4n) is 3.75. The molecule has 0 bridgehead atoms. The van der Waals surface area contributed by atoms with E-state index < -0.39 is 10.0 Å². The highest BCUT2D eigenvalue weighted by Crippen LogP contribution is 2.36. The van der Waals surface area contributed by atoms with E-state index in [0.29, 0.717) is 38.3 Å². The number of carbonyl (C=O) groups excluding carboxylic acids is 1. The summed E-state index contributed by atoms with van der Waals surface area (Å²) in [4.78, 5) is 14.3. The van der Waals surface area contributed by atoms with Crippen LogP contribution in [0.3, 0.4) is 0 Å². The second kappa shape index (κ2) is 9.21. The Kier molecular flexibility index (Phi) is 6.92. The summed E-state index contributed by atoms with van der Waals surface area (Å²) >= 11 is 0. The first-order valence-electron chi connectivity index (χ1n) is 9.61. The van der Waals surface area contributed by atoms with Crippen LogP contribution in [0.5, 0.6) is 5.75 Å². The van der Waals surface area contributed by atoms with Gasteiger partial charge in [0.15, 0.2) is 0 Å². The van der Waals surface area contributed by atoms with Crippen LogP contribution in [0, 0.1) is 0 Å². The van der Waals surface area contributed by atoms with Gasteiger partial charge in [0.25, 0.3) is 0 Å². The van der Waals surface area contributed by atoms with Crippen LogP contribution in [0.2, 0.25) is 0 Å². The second-order valence-electron chi connectivity index (χ2n) is 6.87. The van der Waals surface area contributed by atoms with Gasteiger partial charge in [-0.1, -0.05) is 12.1 Å². The third kappa shape index (κ3) is 4.32. The van der Waals surface area contributed by atoms with Crippen molar-refractivity contribution in [3.63, 3.8) is 0 Å². The van der Waals surface area contributed by atoms with Crippen LogP contribution in [-0.4, -0.2) is 82.2 Å². The Hall–Kier alpha value is -1.68. The van der Waals surface area contributed by atoms with Crippen LogP contribution < -0.4 is 4.74 Å². The highest BCUT2D eigenvalue weighted by molar-refractivity contribution is 7.89. The van der Waals surface area contributed by atoms with Gasteiger partial charge in [-0.05, 0) is 25.5 Å². The molecule has 0 aromatic heterocycles. The number of likely N-dealkylation sites (tertiary alicyclic amines) is 1. The van der Waals surface area contributed by atoms with Crippen LogP contribution in [-0.2, 0) is 24.3 Å². The number of carbonyl (C=O) groups is 1. The number of amides is 1. The molecule has 28 heavy (non-hydrogen) atoms. The molecule has 9 heteroatoms. The van der Waals surface area contributed by atoms with Crippen LogP contribution >= 0.6 is 0 Å². The largest absolute Gasteiger partial charge is 0.487 e. The zero-order valence-electron chi connectivity index (χ0n) is 16.4. The Morgan fingerprint density at radius 3 is 2.75 bits per heavy atom. The molecule has 0 spiro atoms. The van der Waals surface area contributed by atoms with Crippen molar-refractivity contribution in [1.29, 1.82) is 0 Å². The average molecular weight is 413 g/mol. The van der Waals surface area contributed by atoms with E-state index in [9.17, 15) is 13.2 Å². The summed E-state index contributed by atoms with van der Waals surface area (Å²) in [7, 11) is -2.18. The molecule has 0 unspecified atom stereocenters. The minimum Gasteiger partial charge on any atom is -0.487 e. The lowest BCUT2D eigenvalue weighted by atomic mass is 10.1. The summed E-state index contributed by atoms with van der Waals surface area (Å²) in [5.74, 6) is 0.288. The third-order valence-corrected chi connectivity index (χ3v) is 7.15. The molecular weight excluding hydrogens is 384 g/mol. The summed E-state index contributed by atoms with van der Waals surface area (Å²) < 4.78 is 44.7. The number of rotatable bonds is 6. The molecule has 1 fully saturated rings. The fraction of sp³-hybridized carbons (Fsp3) is 0.632. The lowest BCUT2D eigenvalue weighted by Crippen LogP contribution is -2.48. The smallest absolute Gasteiger partial charge is 0.248 e. The second-order valence-corrected chi connectivity index (χ2v) is 8.73. The van der Waals surface area contributed by atoms with Crippen molar-refractivity contribution in [2.24, 2.45) is 0 Å². The standard InChI is InChI=1S/C19H28N2O6S/c1-3-26-14-19(22)20-10-8-15-16(9-11-20)27-17-6-4-5-7-18(17)28(23,24)21(15)12-13-25-2/h4-7,15-16H,3,8-14H2,1-2H3/t15-,16-/m1/s1. The molecule has 0 N–H and O–H groups in total. The van der Waals surface area contributed by atoms with Gasteiger partial charge >= 0.3 is 0 Å². The van der Waals surface area contributed by atoms with Gasteiger partial charge in [0.1, 0.15) is 23.4 Å². The van der Waals surface area contributed by atoms with Gasteiger partial charge in [0.05, 0.1) is 12.6 Å². The number of hydrogen-bond acceptors (Lipinski definition) is 6. The van der Waals surface area contributed by atoms with Crippen molar-refractivity contribution in [3.05, 3.63) is 24.3 Å². The number of sulfonamides is 1. The van der Waals surface area contributed by atoms with E-state index in [4.69, 9.17) is 14.2 Å². The molecule has 2 aliphatic heterocycles. The number of fused-ring (bicyclic) bond motifs is 2. The van der Waals surface area contributed by atoms with Crippen molar-refractivity contribution in [1.82, 2.24) is 9.21 Å². The van der Waals surface area contributed by atoms with E-state index in [1.807, 2.05) is 6.92 Å². The number of hydrogen-bond donors (Lipinski definition) is 0. The summed E-state index contributed by atoms with van der Waals surface area (Å²) in [5, 5.41) is 0. The zero-order chi connectivity index (χ0) is 20.1. The highest BCUT2D eigenvalue weighted by atomic mass is 32.2. The Morgan fingerprint density at radius 2 is 2.00 bits per heavy atom. The topological polar surface area (TPSA) is 85.4 Å². The molecule has 8 nitrogen and oxygen atoms in total. The Bertz CT molecular complexity index is 784. The molecule has 1 saturated heterocycles. The fourth-order valence-corrected chi connectivity index (χ4v) is 5.54. The van der Waals surface area contributed by atoms with E-state index in [2.05, 4.69) is 0 Å². The van der Waals surface area contributed by atoms with Crippen molar-refractivity contribution < 1.29 is 27.4 Å². The normalized spacial score (nSPS) is 24.4. The molecule has 0 aliphatic carbocycles. The predicted octanol–water partition coefficient (Wildman–Crippen LogP) is 1.11. The van der Waals surface area contributed by atoms with Crippen LogP contribution in [0.15, 0.2) is 29.2 Å². The predicted molar refractivity (Wildman–Crippen MR) is 103 cm³/mol. The van der Waals surface area contributed by atoms with E-state index in [-0.39, 0.29) is 42.7 Å². The maximum atomic E-state index is 13.3. The molecular formula is C19H28N2O6S. The zero-order valence-corrected chi connectivity index (χ0v) is 17.2. The van der Waals surface area contributed by atoms with Crippen molar-refractivity contribution in [3.8, 4) is 5.75 Å². The van der Waals surface area contributed by atoms with E-state index in [0.717, 1.165) is 0 Å². The first kappa shape index (κ1) is 21.0. The Balaban J connectivity index is 1.90. The minimum absolute atomic E-state index is 0.0429. The summed E-state index contributed by atoms with van der Waals surface area (Å²) in [6.07, 6.45) is 0.718. The minimum atomic E-state index is -3.73. The number of benzene rings is 1. The average Bonchev–Trinajstić information content (AvgIpc) is 2.93. The Morgan fingerprint density at radius 1 is 1.25 bits per heavy atom. The molecule has 0 saturated carbocycles. The van der Waals surface area contributed by atoms with Crippen LogP contribution in [0.25, 0.3) is 0 Å². The quantitative estimate of drug-likeness (QED) is 0.696. The highest BCUT2D eigenvalue weighted by Gasteiger charge is 2.43. The van der Waals surface area contributed by atoms with Gasteiger partial charge in [-0.3, -0.25) is 4.79 Å². The van der Waals surface area contributed by atoms with E-state index >= 15 is 0 Å². The SMILES string of the molecule is CCOCC(=O)N1CC[C@@H]2[C@@H](CC1)Oc1ccccc1S(=O)(=O)N2CCOC. The van der Waals surface area contributed by atoms with Gasteiger partial charge in [-0.2, -0.15) is 4.31 Å². The summed E-state index contributed by atoms with van der Waals surface area (Å²) in [6, 6.07) is 6.37. The summed E-state index contributed by atoms with van der Waals surface area (Å²) in [6.45, 7) is 3.87. The first-order valence-corrected chi connectivity index (χ1v) is 11.0. The maximum absolute atomic E-state index is 13.3. The maximum Gasteiger partial charge on any atom is 0.248 e. The number of methoxy groups -OCH3 is 1. The molecule has 1 aromatic rings. The molecule has 0 radical (unpaired) electrons. The van der Waals surface area contributed by atoms with E-state index in [1.54, 1.807) is 36.3 Å². The molecule has 1 amide bonds. The molecule has 2 aliphatic rings. The lowest BCUT2D eigenvalue weighted by Gasteiger charge is -2.31. The Labute approximate surface area is 166 Å². The number of nitrogens with zero attached hydrogens (tertiary/aromatic N) is 2. The molecule has 2 atom stereocenters. The van der Waals surface area contributed by atoms with Crippen molar-refractivity contribution >= 4 is 15.9 Å².